The van der Waals surface area contributed by atoms with Crippen LogP contribution < -0.4 is 10.6 Å². The lowest BCUT2D eigenvalue weighted by Crippen LogP contribution is -2.39. The molecule has 0 radical (unpaired) electrons. The van der Waals surface area contributed by atoms with Crippen LogP contribution in [0.4, 0.5) is 0 Å². The van der Waals surface area contributed by atoms with Gasteiger partial charge in [-0.25, -0.2) is 0 Å². The van der Waals surface area contributed by atoms with Crippen molar-refractivity contribution in [2.75, 3.05) is 6.54 Å². The van der Waals surface area contributed by atoms with Crippen LogP contribution in [0.3, 0.4) is 0 Å². The maximum atomic E-state index is 12.6. The third kappa shape index (κ3) is 2.98. The number of rotatable bonds is 3. The Labute approximate surface area is 125 Å². The lowest BCUT2D eigenvalue weighted by atomic mass is 9.90. The van der Waals surface area contributed by atoms with E-state index >= 15 is 0 Å². The summed E-state index contributed by atoms with van der Waals surface area (Å²) in [5, 5.41) is 6.45. The standard InChI is InChI=1S/C18H20N2O/c1-13(14-7-3-2-4-8-14)20-18(21)17-12-19-11-15-9-5-6-10-16(15)17/h2-10,13,17,19H,11-12H2,1H3,(H,20,21). The number of carbonyl (C=O) groups is 1. The monoisotopic (exact) mass is 280 g/mol. The molecular formula is C18H20N2O. The molecule has 1 heterocycles. The van der Waals surface area contributed by atoms with E-state index in [0.29, 0.717) is 6.54 Å². The van der Waals surface area contributed by atoms with Crippen LogP contribution in [0.25, 0.3) is 0 Å². The molecule has 21 heavy (non-hydrogen) atoms. The predicted molar refractivity (Wildman–Crippen MR) is 83.9 cm³/mol. The van der Waals surface area contributed by atoms with Gasteiger partial charge in [0.05, 0.1) is 12.0 Å². The fourth-order valence-corrected chi connectivity index (χ4v) is 2.87. The summed E-state index contributed by atoms with van der Waals surface area (Å²) >= 11 is 0. The number of hydrogen-bond donors (Lipinski definition) is 2. The van der Waals surface area contributed by atoms with Crippen LogP contribution in [0.5, 0.6) is 0 Å². The molecule has 2 N–H and O–H groups in total. The predicted octanol–water partition coefficient (Wildman–Crippen LogP) is 2.75. The topological polar surface area (TPSA) is 41.1 Å². The van der Waals surface area contributed by atoms with E-state index in [2.05, 4.69) is 22.8 Å². The minimum atomic E-state index is -0.110. The highest BCUT2D eigenvalue weighted by Gasteiger charge is 2.26. The van der Waals surface area contributed by atoms with Gasteiger partial charge in [-0.05, 0) is 23.6 Å². The van der Waals surface area contributed by atoms with Crippen molar-refractivity contribution >= 4 is 5.91 Å². The summed E-state index contributed by atoms with van der Waals surface area (Å²) in [7, 11) is 0. The van der Waals surface area contributed by atoms with Gasteiger partial charge in [0.15, 0.2) is 0 Å². The highest BCUT2D eigenvalue weighted by atomic mass is 16.2. The van der Waals surface area contributed by atoms with Gasteiger partial charge in [-0.1, -0.05) is 54.6 Å². The maximum Gasteiger partial charge on any atom is 0.229 e. The summed E-state index contributed by atoms with van der Waals surface area (Å²) < 4.78 is 0. The first kappa shape index (κ1) is 13.8. The Kier molecular flexibility index (Phi) is 4.02. The number of hydrogen-bond acceptors (Lipinski definition) is 2. The van der Waals surface area contributed by atoms with Crippen molar-refractivity contribution in [3.05, 3.63) is 71.3 Å². The molecule has 0 saturated heterocycles. The summed E-state index contributed by atoms with van der Waals surface area (Å²) in [4.78, 5) is 12.6. The zero-order chi connectivity index (χ0) is 14.7. The van der Waals surface area contributed by atoms with Crippen molar-refractivity contribution in [3.8, 4) is 0 Å². The van der Waals surface area contributed by atoms with Crippen LogP contribution in [0.2, 0.25) is 0 Å². The molecule has 108 valence electrons. The molecule has 0 aromatic heterocycles. The van der Waals surface area contributed by atoms with E-state index < -0.39 is 0 Å². The molecule has 2 aromatic carbocycles. The minimum Gasteiger partial charge on any atom is -0.349 e. The van der Waals surface area contributed by atoms with Gasteiger partial charge in [-0.2, -0.15) is 0 Å². The maximum absolute atomic E-state index is 12.6. The summed E-state index contributed by atoms with van der Waals surface area (Å²) in [6, 6.07) is 18.3. The molecule has 2 unspecified atom stereocenters. The first-order valence-electron chi connectivity index (χ1n) is 7.39. The summed E-state index contributed by atoms with van der Waals surface area (Å²) in [6.07, 6.45) is 0. The van der Waals surface area contributed by atoms with Crippen molar-refractivity contribution in [1.82, 2.24) is 10.6 Å². The average molecular weight is 280 g/mol. The van der Waals surface area contributed by atoms with E-state index in [9.17, 15) is 4.79 Å². The normalized spacial score (nSPS) is 18.6. The van der Waals surface area contributed by atoms with Crippen molar-refractivity contribution in [2.24, 2.45) is 0 Å². The lowest BCUT2D eigenvalue weighted by molar-refractivity contribution is -0.123. The Morgan fingerprint density at radius 2 is 1.86 bits per heavy atom. The van der Waals surface area contributed by atoms with Gasteiger partial charge in [0.1, 0.15) is 0 Å². The van der Waals surface area contributed by atoms with Crippen LogP contribution >= 0.6 is 0 Å². The van der Waals surface area contributed by atoms with Crippen molar-refractivity contribution in [2.45, 2.75) is 25.4 Å². The summed E-state index contributed by atoms with van der Waals surface area (Å²) in [6.45, 7) is 3.56. The average Bonchev–Trinajstić information content (AvgIpc) is 2.55. The Balaban J connectivity index is 1.75. The summed E-state index contributed by atoms with van der Waals surface area (Å²) in [5.41, 5.74) is 3.49. The van der Waals surface area contributed by atoms with Crippen molar-refractivity contribution < 1.29 is 4.79 Å². The van der Waals surface area contributed by atoms with E-state index in [4.69, 9.17) is 0 Å². The molecule has 0 bridgehead atoms. The van der Waals surface area contributed by atoms with E-state index in [1.54, 1.807) is 0 Å². The minimum absolute atomic E-state index is 0.0211. The molecule has 3 rings (SSSR count). The first-order chi connectivity index (χ1) is 10.3. The quantitative estimate of drug-likeness (QED) is 0.907. The lowest BCUT2D eigenvalue weighted by Gasteiger charge is -2.27. The van der Waals surface area contributed by atoms with Gasteiger partial charge in [-0.15, -0.1) is 0 Å². The number of benzene rings is 2. The number of amides is 1. The van der Waals surface area contributed by atoms with Crippen LogP contribution in [0, 0.1) is 0 Å². The highest BCUT2D eigenvalue weighted by molar-refractivity contribution is 5.85. The second kappa shape index (κ2) is 6.10. The van der Waals surface area contributed by atoms with E-state index in [1.165, 1.54) is 5.56 Å². The number of nitrogens with one attached hydrogen (secondary N) is 2. The molecule has 2 atom stereocenters. The SMILES string of the molecule is CC(NC(=O)C1CNCc2ccccc21)c1ccccc1. The molecule has 0 spiro atoms. The van der Waals surface area contributed by atoms with Gasteiger partial charge in [0.25, 0.3) is 0 Å². The molecular weight excluding hydrogens is 260 g/mol. The zero-order valence-corrected chi connectivity index (χ0v) is 12.2. The van der Waals surface area contributed by atoms with Gasteiger partial charge >= 0.3 is 0 Å². The Morgan fingerprint density at radius 3 is 2.67 bits per heavy atom. The Morgan fingerprint density at radius 1 is 1.14 bits per heavy atom. The Bertz CT molecular complexity index is 624. The third-order valence-electron chi connectivity index (χ3n) is 4.07. The summed E-state index contributed by atoms with van der Waals surface area (Å²) in [5.74, 6) is -0.0212. The van der Waals surface area contributed by atoms with E-state index in [-0.39, 0.29) is 17.9 Å². The third-order valence-corrected chi connectivity index (χ3v) is 4.07. The largest absolute Gasteiger partial charge is 0.349 e. The fraction of sp³-hybridized carbons (Fsp3) is 0.278. The molecule has 0 fully saturated rings. The fourth-order valence-electron chi connectivity index (χ4n) is 2.87. The molecule has 1 aliphatic heterocycles. The molecule has 2 aromatic rings. The van der Waals surface area contributed by atoms with Crippen molar-refractivity contribution in [1.29, 1.82) is 0 Å². The van der Waals surface area contributed by atoms with Crippen LogP contribution in [0.15, 0.2) is 54.6 Å². The molecule has 3 nitrogen and oxygen atoms in total. The first-order valence-corrected chi connectivity index (χ1v) is 7.39. The van der Waals surface area contributed by atoms with Gasteiger partial charge in [0.2, 0.25) is 5.91 Å². The van der Waals surface area contributed by atoms with Crippen LogP contribution in [-0.2, 0) is 11.3 Å². The van der Waals surface area contributed by atoms with Crippen LogP contribution in [-0.4, -0.2) is 12.5 Å². The second-order valence-corrected chi connectivity index (χ2v) is 5.52. The smallest absolute Gasteiger partial charge is 0.229 e. The number of fused-ring (bicyclic) bond motifs is 1. The Hall–Kier alpha value is -2.13. The molecule has 0 saturated carbocycles. The molecule has 3 heteroatoms. The molecule has 0 aliphatic carbocycles. The number of carbonyl (C=O) groups excluding carboxylic acids is 1. The van der Waals surface area contributed by atoms with E-state index in [1.807, 2.05) is 49.4 Å². The molecule has 1 aliphatic rings. The van der Waals surface area contributed by atoms with Gasteiger partial charge in [0, 0.05) is 13.1 Å². The van der Waals surface area contributed by atoms with Crippen molar-refractivity contribution in [3.63, 3.8) is 0 Å². The highest BCUT2D eigenvalue weighted by Crippen LogP contribution is 2.25. The zero-order valence-electron chi connectivity index (χ0n) is 12.2. The van der Waals surface area contributed by atoms with E-state index in [0.717, 1.165) is 17.7 Å². The van der Waals surface area contributed by atoms with Gasteiger partial charge < -0.3 is 10.6 Å². The van der Waals surface area contributed by atoms with Crippen LogP contribution in [0.1, 0.15) is 35.6 Å². The van der Waals surface area contributed by atoms with Gasteiger partial charge in [-0.3, -0.25) is 4.79 Å². The second-order valence-electron chi connectivity index (χ2n) is 5.52. The molecule has 1 amide bonds.